The van der Waals surface area contributed by atoms with Crippen LogP contribution < -0.4 is 20.1 Å². The number of anilines is 3. The number of ether oxygens (including phenoxy) is 2. The molecule has 42 heavy (non-hydrogen) atoms. The van der Waals surface area contributed by atoms with E-state index in [1.807, 2.05) is 50.2 Å². The molecule has 1 heterocycles. The lowest BCUT2D eigenvalue weighted by Crippen LogP contribution is -2.13. The maximum Gasteiger partial charge on any atom is 0.248 e. The van der Waals surface area contributed by atoms with Gasteiger partial charge in [-0.3, -0.25) is 9.78 Å². The van der Waals surface area contributed by atoms with Crippen LogP contribution in [0.5, 0.6) is 11.5 Å². The molecule has 2 N–H and O–H groups in total. The molecule has 0 bridgehead atoms. The fourth-order valence-electron chi connectivity index (χ4n) is 4.97. The SMILES string of the molecule is CCOc1cc2ncc(C#N)c(Nc3ccc(O[C@H]4CCc5ccccc54)c(Cl)c3)c2cc1NC(=O)/C=C/CN(C)C. The van der Waals surface area contributed by atoms with Crippen LogP contribution in [0.2, 0.25) is 5.02 Å². The number of carbonyl (C=O) groups is 1. The van der Waals surface area contributed by atoms with Crippen LogP contribution in [-0.4, -0.2) is 43.0 Å². The van der Waals surface area contributed by atoms with Crippen molar-refractivity contribution in [3.63, 3.8) is 0 Å². The Morgan fingerprint density at radius 3 is 2.79 bits per heavy atom. The lowest BCUT2D eigenvalue weighted by atomic mass is 10.1. The van der Waals surface area contributed by atoms with Crippen molar-refractivity contribution in [3.05, 3.63) is 94.7 Å². The maximum absolute atomic E-state index is 12.7. The lowest BCUT2D eigenvalue weighted by Gasteiger charge is -2.18. The predicted molar refractivity (Wildman–Crippen MR) is 167 cm³/mol. The summed E-state index contributed by atoms with van der Waals surface area (Å²) in [4.78, 5) is 19.1. The van der Waals surface area contributed by atoms with Crippen LogP contribution in [0.15, 0.2) is 72.9 Å². The van der Waals surface area contributed by atoms with Gasteiger partial charge in [-0.25, -0.2) is 0 Å². The summed E-state index contributed by atoms with van der Waals surface area (Å²) >= 11 is 6.68. The highest BCUT2D eigenvalue weighted by molar-refractivity contribution is 6.32. The summed E-state index contributed by atoms with van der Waals surface area (Å²) < 4.78 is 12.1. The third-order valence-electron chi connectivity index (χ3n) is 6.94. The van der Waals surface area contributed by atoms with E-state index in [9.17, 15) is 10.1 Å². The molecular formula is C33H32ClN5O3. The summed E-state index contributed by atoms with van der Waals surface area (Å²) in [6.07, 6.45) is 6.61. The van der Waals surface area contributed by atoms with E-state index in [0.717, 1.165) is 12.8 Å². The molecule has 8 nitrogen and oxygen atoms in total. The van der Waals surface area contributed by atoms with Crippen molar-refractivity contribution in [2.75, 3.05) is 37.9 Å². The molecule has 1 aliphatic rings. The average Bonchev–Trinajstić information content (AvgIpc) is 3.38. The normalized spacial score (nSPS) is 14.1. The molecule has 5 rings (SSSR count). The van der Waals surface area contributed by atoms with Crippen molar-refractivity contribution in [1.29, 1.82) is 5.26 Å². The number of fused-ring (bicyclic) bond motifs is 2. The van der Waals surface area contributed by atoms with Gasteiger partial charge >= 0.3 is 0 Å². The van der Waals surface area contributed by atoms with Gasteiger partial charge < -0.3 is 25.0 Å². The minimum Gasteiger partial charge on any atom is -0.492 e. The van der Waals surface area contributed by atoms with Crippen LogP contribution in [0, 0.1) is 11.3 Å². The van der Waals surface area contributed by atoms with Gasteiger partial charge in [-0.1, -0.05) is 41.9 Å². The van der Waals surface area contributed by atoms with Gasteiger partial charge in [0.2, 0.25) is 5.91 Å². The Hall–Kier alpha value is -4.58. The fraction of sp³-hybridized carbons (Fsp3) is 0.242. The van der Waals surface area contributed by atoms with Crippen LogP contribution in [-0.2, 0) is 11.2 Å². The molecule has 3 aromatic carbocycles. The smallest absolute Gasteiger partial charge is 0.248 e. The number of aryl methyl sites for hydroxylation is 1. The van der Waals surface area contributed by atoms with Gasteiger partial charge in [-0.05, 0) is 69.3 Å². The first kappa shape index (κ1) is 28.9. The number of rotatable bonds is 10. The van der Waals surface area contributed by atoms with Gasteiger partial charge in [0.25, 0.3) is 0 Å². The van der Waals surface area contributed by atoms with E-state index in [0.29, 0.717) is 63.2 Å². The molecule has 4 aromatic rings. The van der Waals surface area contributed by atoms with Gasteiger partial charge in [0.15, 0.2) is 0 Å². The molecule has 214 valence electrons. The maximum atomic E-state index is 12.7. The third-order valence-corrected chi connectivity index (χ3v) is 7.23. The number of likely N-dealkylation sites (N-methyl/N-ethyl adjacent to an activating group) is 1. The number of halogens is 1. The first-order chi connectivity index (χ1) is 20.4. The number of nitrogens with zero attached hydrogens (tertiary/aromatic N) is 3. The Morgan fingerprint density at radius 1 is 1.19 bits per heavy atom. The first-order valence-corrected chi connectivity index (χ1v) is 14.2. The summed E-state index contributed by atoms with van der Waals surface area (Å²) in [5.41, 5.74) is 5.13. The van der Waals surface area contributed by atoms with Crippen molar-refractivity contribution >= 4 is 45.5 Å². The molecule has 1 aromatic heterocycles. The van der Waals surface area contributed by atoms with Crippen LogP contribution in [0.4, 0.5) is 17.1 Å². The Labute approximate surface area is 250 Å². The number of hydrogen-bond donors (Lipinski definition) is 2. The van der Waals surface area contributed by atoms with Gasteiger partial charge in [-0.2, -0.15) is 5.26 Å². The van der Waals surface area contributed by atoms with Gasteiger partial charge in [-0.15, -0.1) is 0 Å². The van der Waals surface area contributed by atoms with Crippen molar-refractivity contribution in [3.8, 4) is 17.6 Å². The summed E-state index contributed by atoms with van der Waals surface area (Å²) in [6.45, 7) is 2.91. The van der Waals surface area contributed by atoms with E-state index >= 15 is 0 Å². The molecule has 0 radical (unpaired) electrons. The number of aromatic nitrogens is 1. The Bertz CT molecular complexity index is 1700. The monoisotopic (exact) mass is 581 g/mol. The van der Waals surface area contributed by atoms with Crippen molar-refractivity contribution in [2.45, 2.75) is 25.9 Å². The molecule has 1 atom stereocenters. The van der Waals surface area contributed by atoms with Gasteiger partial charge in [0, 0.05) is 36.0 Å². The van der Waals surface area contributed by atoms with Crippen molar-refractivity contribution in [2.24, 2.45) is 0 Å². The number of hydrogen-bond acceptors (Lipinski definition) is 7. The average molecular weight is 582 g/mol. The molecule has 1 aliphatic carbocycles. The van der Waals surface area contributed by atoms with Gasteiger partial charge in [0.1, 0.15) is 23.7 Å². The van der Waals surface area contributed by atoms with E-state index in [1.54, 1.807) is 24.3 Å². The third kappa shape index (κ3) is 6.49. The summed E-state index contributed by atoms with van der Waals surface area (Å²) in [6, 6.07) is 19.5. The molecule has 0 fully saturated rings. The van der Waals surface area contributed by atoms with E-state index in [4.69, 9.17) is 21.1 Å². The highest BCUT2D eigenvalue weighted by Crippen LogP contribution is 2.40. The number of benzene rings is 3. The zero-order chi connectivity index (χ0) is 29.6. The van der Waals surface area contributed by atoms with Crippen LogP contribution in [0.25, 0.3) is 10.9 Å². The molecule has 0 unspecified atom stereocenters. The Kier molecular flexibility index (Phi) is 8.91. The van der Waals surface area contributed by atoms with E-state index in [1.165, 1.54) is 23.4 Å². The summed E-state index contributed by atoms with van der Waals surface area (Å²) in [5, 5.41) is 17.3. The molecule has 0 saturated carbocycles. The predicted octanol–water partition coefficient (Wildman–Crippen LogP) is 7.02. The molecule has 1 amide bonds. The molecule has 0 aliphatic heterocycles. The summed E-state index contributed by atoms with van der Waals surface area (Å²) in [7, 11) is 3.85. The Balaban J connectivity index is 1.44. The number of pyridine rings is 1. The van der Waals surface area contributed by atoms with Crippen molar-refractivity contribution in [1.82, 2.24) is 9.88 Å². The zero-order valence-electron chi connectivity index (χ0n) is 23.8. The standard InChI is InChI=1S/C33H32ClN5O3/c1-4-41-31-18-27-25(17-28(31)38-32(40)10-7-15-39(2)3)33(22(19-35)20-36-27)37-23-12-14-30(26(34)16-23)42-29-13-11-21-8-5-6-9-24(21)29/h5-10,12,14,16-18,20,29H,4,11,13,15H2,1-3H3,(H,36,37)(H,38,40)/b10-7+/t29-/m0/s1. The second-order valence-electron chi connectivity index (χ2n) is 10.2. The van der Waals surface area contributed by atoms with Gasteiger partial charge in [0.05, 0.1) is 34.1 Å². The lowest BCUT2D eigenvalue weighted by molar-refractivity contribution is -0.111. The zero-order valence-corrected chi connectivity index (χ0v) is 24.5. The minimum absolute atomic E-state index is 0.0438. The molecular weight excluding hydrogens is 550 g/mol. The van der Waals surface area contributed by atoms with E-state index in [-0.39, 0.29) is 12.0 Å². The highest BCUT2D eigenvalue weighted by atomic mass is 35.5. The number of amides is 1. The first-order valence-electron chi connectivity index (χ1n) is 13.8. The van der Waals surface area contributed by atoms with Crippen LogP contribution >= 0.6 is 11.6 Å². The van der Waals surface area contributed by atoms with E-state index in [2.05, 4.69) is 33.8 Å². The number of nitriles is 1. The minimum atomic E-state index is -0.289. The Morgan fingerprint density at radius 2 is 2.02 bits per heavy atom. The molecule has 9 heteroatoms. The summed E-state index contributed by atoms with van der Waals surface area (Å²) in [5.74, 6) is 0.793. The second-order valence-corrected chi connectivity index (χ2v) is 10.6. The quantitative estimate of drug-likeness (QED) is 0.194. The largest absolute Gasteiger partial charge is 0.492 e. The highest BCUT2D eigenvalue weighted by Gasteiger charge is 2.24. The van der Waals surface area contributed by atoms with Crippen LogP contribution in [0.1, 0.15) is 36.1 Å². The number of carbonyl (C=O) groups excluding carboxylic acids is 1. The topological polar surface area (TPSA) is 99.5 Å². The molecule has 0 saturated heterocycles. The molecule has 0 spiro atoms. The van der Waals surface area contributed by atoms with Crippen molar-refractivity contribution < 1.29 is 14.3 Å². The van der Waals surface area contributed by atoms with Crippen LogP contribution in [0.3, 0.4) is 0 Å². The number of nitrogens with one attached hydrogen (secondary N) is 2. The second kappa shape index (κ2) is 12.9. The fourth-order valence-corrected chi connectivity index (χ4v) is 5.19. The van der Waals surface area contributed by atoms with E-state index < -0.39 is 0 Å².